The van der Waals surface area contributed by atoms with Gasteiger partial charge in [0, 0.05) is 11.1 Å². The molecule has 21 heavy (non-hydrogen) atoms. The first-order chi connectivity index (χ1) is 10.3. The fourth-order valence-corrected chi connectivity index (χ4v) is 2.99. The van der Waals surface area contributed by atoms with Crippen molar-refractivity contribution < 1.29 is 9.90 Å². The largest absolute Gasteiger partial charge is 0.508 e. The highest BCUT2D eigenvalue weighted by atomic mass is 16.3. The predicted octanol–water partition coefficient (Wildman–Crippen LogP) is 4.27. The number of phenolic OH excluding ortho intramolecular Hbond substituents is 1. The Morgan fingerprint density at radius 3 is 2.14 bits per heavy atom. The number of fused-ring (bicyclic) bond motifs is 3. The van der Waals surface area contributed by atoms with E-state index in [9.17, 15) is 9.90 Å². The summed E-state index contributed by atoms with van der Waals surface area (Å²) in [5.41, 5.74) is 5.15. The normalized spacial score (nSPS) is 12.1. The van der Waals surface area contributed by atoms with Crippen molar-refractivity contribution in [3.8, 4) is 28.0 Å². The third-order valence-electron chi connectivity index (χ3n) is 3.91. The smallest absolute Gasteiger partial charge is 0.194 e. The number of carbonyl (C=O) groups is 1. The fraction of sp³-hybridized carbons (Fsp3) is 0. The Kier molecular flexibility index (Phi) is 2.45. The molecule has 1 aliphatic rings. The Morgan fingerprint density at radius 1 is 0.667 bits per heavy atom. The van der Waals surface area contributed by atoms with Gasteiger partial charge in [-0.15, -0.1) is 0 Å². The highest BCUT2D eigenvalue weighted by Crippen LogP contribution is 2.41. The summed E-state index contributed by atoms with van der Waals surface area (Å²) in [6.45, 7) is 0. The Balaban J connectivity index is 2.01. The zero-order chi connectivity index (χ0) is 14.4. The molecule has 0 bridgehead atoms. The number of ketones is 1. The highest BCUT2D eigenvalue weighted by Gasteiger charge is 2.28. The van der Waals surface area contributed by atoms with Crippen LogP contribution < -0.4 is 0 Å². The lowest BCUT2D eigenvalue weighted by atomic mass is 9.95. The Bertz CT molecular complexity index is 878. The maximum Gasteiger partial charge on any atom is 0.194 e. The summed E-state index contributed by atoms with van der Waals surface area (Å²) in [7, 11) is 0. The first kappa shape index (κ1) is 11.9. The van der Waals surface area contributed by atoms with E-state index in [4.69, 9.17) is 0 Å². The zero-order valence-electron chi connectivity index (χ0n) is 11.2. The van der Waals surface area contributed by atoms with Crippen LogP contribution in [-0.4, -0.2) is 10.9 Å². The lowest BCUT2D eigenvalue weighted by molar-refractivity contribution is 0.104. The van der Waals surface area contributed by atoms with Gasteiger partial charge < -0.3 is 5.11 Å². The van der Waals surface area contributed by atoms with Crippen LogP contribution in [-0.2, 0) is 0 Å². The van der Waals surface area contributed by atoms with Crippen LogP contribution in [0.15, 0.2) is 66.7 Å². The van der Waals surface area contributed by atoms with Crippen LogP contribution in [0.1, 0.15) is 15.9 Å². The minimum absolute atomic E-state index is 0.0551. The second-order valence-corrected chi connectivity index (χ2v) is 5.15. The molecule has 0 spiro atoms. The Morgan fingerprint density at radius 2 is 1.33 bits per heavy atom. The molecule has 0 saturated heterocycles. The van der Waals surface area contributed by atoms with Crippen LogP contribution in [0.5, 0.6) is 5.75 Å². The molecule has 0 unspecified atom stereocenters. The van der Waals surface area contributed by atoms with Crippen LogP contribution in [0.4, 0.5) is 0 Å². The summed E-state index contributed by atoms with van der Waals surface area (Å²) in [5, 5.41) is 9.68. The van der Waals surface area contributed by atoms with Gasteiger partial charge in [0.1, 0.15) is 5.75 Å². The third kappa shape index (κ3) is 1.69. The number of hydrogen-bond donors (Lipinski definition) is 1. The average molecular weight is 272 g/mol. The van der Waals surface area contributed by atoms with Crippen molar-refractivity contribution in [1.29, 1.82) is 0 Å². The van der Waals surface area contributed by atoms with Gasteiger partial charge in [0.05, 0.1) is 0 Å². The van der Waals surface area contributed by atoms with Gasteiger partial charge in [0.2, 0.25) is 0 Å². The number of carbonyl (C=O) groups excluding carboxylic acids is 1. The molecule has 1 aliphatic carbocycles. The van der Waals surface area contributed by atoms with Crippen molar-refractivity contribution in [3.63, 3.8) is 0 Å². The molecule has 0 aromatic heterocycles. The molecular formula is C19H12O2. The molecule has 0 radical (unpaired) electrons. The van der Waals surface area contributed by atoms with Gasteiger partial charge in [0.25, 0.3) is 0 Å². The predicted molar refractivity (Wildman–Crippen MR) is 82.4 cm³/mol. The Labute approximate surface area is 122 Å². The molecular weight excluding hydrogens is 260 g/mol. The number of phenols is 1. The number of aromatic hydroxyl groups is 1. The van der Waals surface area contributed by atoms with Gasteiger partial charge in [-0.25, -0.2) is 0 Å². The number of rotatable bonds is 1. The lowest BCUT2D eigenvalue weighted by Gasteiger charge is -2.08. The lowest BCUT2D eigenvalue weighted by Crippen LogP contribution is -1.97. The van der Waals surface area contributed by atoms with E-state index in [0.717, 1.165) is 33.4 Å². The Hall–Kier alpha value is -2.87. The molecule has 100 valence electrons. The summed E-state index contributed by atoms with van der Waals surface area (Å²) < 4.78 is 0. The van der Waals surface area contributed by atoms with Crippen LogP contribution in [0, 0.1) is 0 Å². The molecule has 3 aromatic rings. The molecule has 0 fully saturated rings. The molecule has 0 atom stereocenters. The molecule has 0 amide bonds. The summed E-state index contributed by atoms with van der Waals surface area (Å²) in [5.74, 6) is 0.257. The van der Waals surface area contributed by atoms with E-state index in [1.165, 1.54) is 0 Å². The summed E-state index contributed by atoms with van der Waals surface area (Å²) in [6, 6.07) is 20.5. The van der Waals surface area contributed by atoms with Crippen molar-refractivity contribution in [3.05, 3.63) is 77.9 Å². The third-order valence-corrected chi connectivity index (χ3v) is 3.91. The van der Waals surface area contributed by atoms with Crippen LogP contribution >= 0.6 is 0 Å². The van der Waals surface area contributed by atoms with E-state index in [1.807, 2.05) is 48.5 Å². The second-order valence-electron chi connectivity index (χ2n) is 5.15. The SMILES string of the molecule is O=C1c2ccccc2-c2cccc(-c3cccc(O)c3)c21. The maximum absolute atomic E-state index is 12.7. The van der Waals surface area contributed by atoms with Gasteiger partial charge >= 0.3 is 0 Å². The quantitative estimate of drug-likeness (QED) is 0.562. The molecule has 2 nitrogen and oxygen atoms in total. The van der Waals surface area contributed by atoms with Gasteiger partial charge in [-0.2, -0.15) is 0 Å². The van der Waals surface area contributed by atoms with Crippen molar-refractivity contribution in [2.45, 2.75) is 0 Å². The monoisotopic (exact) mass is 272 g/mol. The minimum Gasteiger partial charge on any atom is -0.508 e. The fourth-order valence-electron chi connectivity index (χ4n) is 2.99. The van der Waals surface area contributed by atoms with E-state index in [-0.39, 0.29) is 11.5 Å². The topological polar surface area (TPSA) is 37.3 Å². The summed E-state index contributed by atoms with van der Waals surface area (Å²) in [6.07, 6.45) is 0. The zero-order valence-corrected chi connectivity index (χ0v) is 11.2. The van der Waals surface area contributed by atoms with E-state index in [1.54, 1.807) is 18.2 Å². The van der Waals surface area contributed by atoms with Crippen LogP contribution in [0.25, 0.3) is 22.3 Å². The molecule has 3 aromatic carbocycles. The first-order valence-electron chi connectivity index (χ1n) is 6.82. The molecule has 4 rings (SSSR count). The molecule has 2 heteroatoms. The van der Waals surface area contributed by atoms with Crippen LogP contribution in [0.3, 0.4) is 0 Å². The highest BCUT2D eigenvalue weighted by molar-refractivity contribution is 6.24. The first-order valence-corrected chi connectivity index (χ1v) is 6.82. The van der Waals surface area contributed by atoms with Crippen LogP contribution in [0.2, 0.25) is 0 Å². The summed E-state index contributed by atoms with van der Waals surface area (Å²) in [4.78, 5) is 12.7. The number of benzene rings is 3. The minimum atomic E-state index is 0.0551. The maximum atomic E-state index is 12.7. The average Bonchev–Trinajstić information content (AvgIpc) is 2.81. The van der Waals surface area contributed by atoms with Crippen molar-refractivity contribution >= 4 is 5.78 Å². The molecule has 0 saturated carbocycles. The van der Waals surface area contributed by atoms with Gasteiger partial charge in [-0.05, 0) is 34.4 Å². The van der Waals surface area contributed by atoms with E-state index < -0.39 is 0 Å². The standard InChI is InChI=1S/C19H12O2/c20-13-6-3-5-12(11-13)14-9-4-10-16-15-7-1-2-8-17(15)19(21)18(14)16/h1-11,20H. The van der Waals surface area contributed by atoms with Crippen molar-refractivity contribution in [2.24, 2.45) is 0 Å². The van der Waals surface area contributed by atoms with Gasteiger partial charge in [-0.1, -0.05) is 54.6 Å². The van der Waals surface area contributed by atoms with E-state index in [0.29, 0.717) is 0 Å². The molecule has 0 heterocycles. The second kappa shape index (κ2) is 4.32. The van der Waals surface area contributed by atoms with E-state index in [2.05, 4.69) is 0 Å². The van der Waals surface area contributed by atoms with Gasteiger partial charge in [0.15, 0.2) is 5.78 Å². The molecule has 0 aliphatic heterocycles. The molecule has 1 N–H and O–H groups in total. The number of hydrogen-bond acceptors (Lipinski definition) is 2. The van der Waals surface area contributed by atoms with Crippen molar-refractivity contribution in [2.75, 3.05) is 0 Å². The summed E-state index contributed by atoms with van der Waals surface area (Å²) >= 11 is 0. The van der Waals surface area contributed by atoms with E-state index >= 15 is 0 Å². The van der Waals surface area contributed by atoms with Gasteiger partial charge in [-0.3, -0.25) is 4.79 Å². The van der Waals surface area contributed by atoms with Crippen molar-refractivity contribution in [1.82, 2.24) is 0 Å².